The number of halogens is 1. The fourth-order valence-electron chi connectivity index (χ4n) is 2.55. The smallest absolute Gasteiger partial charge is 0.240 e. The Morgan fingerprint density at radius 1 is 1.17 bits per heavy atom. The maximum absolute atomic E-state index is 12.0. The molecule has 2 N–H and O–H groups in total. The predicted molar refractivity (Wildman–Crippen MR) is 126 cm³/mol. The summed E-state index contributed by atoms with van der Waals surface area (Å²) in [5.41, 5.74) is 4.91. The molecule has 0 fully saturated rings. The van der Waals surface area contributed by atoms with Gasteiger partial charge in [0.25, 0.3) is 0 Å². The highest BCUT2D eigenvalue weighted by Crippen LogP contribution is 2.34. The first-order chi connectivity index (χ1) is 14.3. The third-order valence-corrected chi connectivity index (χ3v) is 4.81. The molecule has 2 aromatic rings. The third kappa shape index (κ3) is 7.33. The summed E-state index contributed by atoms with van der Waals surface area (Å²) >= 11 is 2.17. The van der Waals surface area contributed by atoms with E-state index in [1.807, 2.05) is 51.1 Å². The zero-order valence-corrected chi connectivity index (χ0v) is 19.6. The molecule has 2 amide bonds. The molecule has 7 nitrogen and oxygen atoms in total. The number of amides is 2. The Balaban J connectivity index is 1.87. The SMILES string of the molecule is COc1cc(C=NNC(=O)CCC(=O)Nc2ccccc2C)cc(I)c1OC(C)C. The highest BCUT2D eigenvalue weighted by atomic mass is 127. The number of nitrogens with zero attached hydrogens (tertiary/aromatic N) is 1. The van der Waals surface area contributed by atoms with E-state index in [4.69, 9.17) is 9.47 Å². The van der Waals surface area contributed by atoms with Crippen LogP contribution in [0.4, 0.5) is 5.69 Å². The second-order valence-electron chi connectivity index (χ2n) is 6.86. The molecule has 0 unspecified atom stereocenters. The zero-order valence-electron chi connectivity index (χ0n) is 17.5. The Bertz CT molecular complexity index is 929. The third-order valence-electron chi connectivity index (χ3n) is 4.01. The lowest BCUT2D eigenvalue weighted by atomic mass is 10.2. The average Bonchev–Trinajstić information content (AvgIpc) is 2.69. The summed E-state index contributed by atoms with van der Waals surface area (Å²) in [7, 11) is 1.57. The Labute approximate surface area is 190 Å². The summed E-state index contributed by atoms with van der Waals surface area (Å²) in [5.74, 6) is 0.710. The molecule has 30 heavy (non-hydrogen) atoms. The Kier molecular flexibility index (Phi) is 9.10. The molecule has 0 saturated carbocycles. The molecule has 0 radical (unpaired) electrons. The first-order valence-electron chi connectivity index (χ1n) is 9.51. The molecule has 0 saturated heterocycles. The molecule has 8 heteroatoms. The summed E-state index contributed by atoms with van der Waals surface area (Å²) in [4.78, 5) is 24.0. The predicted octanol–water partition coefficient (Wildman–Crippen LogP) is 4.26. The highest BCUT2D eigenvalue weighted by Gasteiger charge is 2.13. The first-order valence-corrected chi connectivity index (χ1v) is 10.6. The number of anilines is 1. The molecule has 0 heterocycles. The number of methoxy groups -OCH3 is 1. The minimum Gasteiger partial charge on any atom is -0.493 e. The van der Waals surface area contributed by atoms with Crippen molar-refractivity contribution < 1.29 is 19.1 Å². The molecule has 2 aromatic carbocycles. The number of rotatable bonds is 9. The normalized spacial score (nSPS) is 10.9. The zero-order chi connectivity index (χ0) is 22.1. The summed E-state index contributed by atoms with van der Waals surface area (Å²) < 4.78 is 12.1. The van der Waals surface area contributed by atoms with Gasteiger partial charge in [-0.3, -0.25) is 9.59 Å². The number of hydrogen-bond donors (Lipinski definition) is 2. The van der Waals surface area contributed by atoms with Crippen LogP contribution in [-0.2, 0) is 9.59 Å². The lowest BCUT2D eigenvalue weighted by molar-refractivity contribution is -0.124. The molecular formula is C22H26IN3O4. The second-order valence-corrected chi connectivity index (χ2v) is 8.02. The van der Waals surface area contributed by atoms with Gasteiger partial charge in [0.05, 0.1) is 23.0 Å². The first kappa shape index (κ1) is 23.7. The fraction of sp³-hybridized carbons (Fsp3) is 0.318. The van der Waals surface area contributed by atoms with E-state index in [-0.39, 0.29) is 30.8 Å². The van der Waals surface area contributed by atoms with E-state index in [0.717, 1.165) is 20.4 Å². The van der Waals surface area contributed by atoms with E-state index in [0.29, 0.717) is 11.5 Å². The van der Waals surface area contributed by atoms with Gasteiger partial charge >= 0.3 is 0 Å². The molecule has 0 aliphatic rings. The van der Waals surface area contributed by atoms with Crippen molar-refractivity contribution in [1.29, 1.82) is 0 Å². The van der Waals surface area contributed by atoms with Gasteiger partial charge in [-0.25, -0.2) is 5.43 Å². The van der Waals surface area contributed by atoms with E-state index >= 15 is 0 Å². The van der Waals surface area contributed by atoms with Gasteiger partial charge in [-0.15, -0.1) is 0 Å². The molecule has 160 valence electrons. The van der Waals surface area contributed by atoms with Gasteiger partial charge in [-0.1, -0.05) is 18.2 Å². The Morgan fingerprint density at radius 2 is 1.87 bits per heavy atom. The van der Waals surface area contributed by atoms with Crippen molar-refractivity contribution in [3.8, 4) is 11.5 Å². The van der Waals surface area contributed by atoms with E-state index in [2.05, 4.69) is 38.4 Å². The fourth-order valence-corrected chi connectivity index (χ4v) is 3.30. The number of carbonyl (C=O) groups excluding carboxylic acids is 2. The maximum atomic E-state index is 12.0. The molecule has 0 atom stereocenters. The van der Waals surface area contributed by atoms with Gasteiger partial charge < -0.3 is 14.8 Å². The van der Waals surface area contributed by atoms with E-state index in [1.165, 1.54) is 6.21 Å². The number of aryl methyl sites for hydroxylation is 1. The van der Waals surface area contributed by atoms with Gasteiger partial charge in [0.1, 0.15) is 0 Å². The van der Waals surface area contributed by atoms with Gasteiger partial charge in [-0.05, 0) is 72.7 Å². The molecule has 0 aliphatic heterocycles. The number of hydrogen-bond acceptors (Lipinski definition) is 5. The summed E-state index contributed by atoms with van der Waals surface area (Å²) in [6.07, 6.45) is 1.66. The minimum atomic E-state index is -0.340. The second kappa shape index (κ2) is 11.5. The van der Waals surface area contributed by atoms with Gasteiger partial charge in [-0.2, -0.15) is 5.10 Å². The standard InChI is InChI=1S/C22H26IN3O4/c1-14(2)30-22-17(23)11-16(12-19(22)29-4)13-24-26-21(28)10-9-20(27)25-18-8-6-5-7-15(18)3/h5-8,11-14H,9-10H2,1-4H3,(H,25,27)(H,26,28). The van der Waals surface area contributed by atoms with Crippen molar-refractivity contribution in [3.05, 3.63) is 51.1 Å². The molecular weight excluding hydrogens is 497 g/mol. The van der Waals surface area contributed by atoms with Crippen molar-refractivity contribution >= 4 is 46.3 Å². The van der Waals surface area contributed by atoms with Gasteiger partial charge in [0.15, 0.2) is 11.5 Å². The lowest BCUT2D eigenvalue weighted by Crippen LogP contribution is -2.20. The van der Waals surface area contributed by atoms with Crippen molar-refractivity contribution in [2.75, 3.05) is 12.4 Å². The molecule has 0 aliphatic carbocycles. The number of nitrogens with one attached hydrogen (secondary N) is 2. The van der Waals surface area contributed by atoms with Gasteiger partial charge in [0, 0.05) is 18.5 Å². The summed E-state index contributed by atoms with van der Waals surface area (Å²) in [5, 5.41) is 6.77. The van der Waals surface area contributed by atoms with Crippen LogP contribution in [0.25, 0.3) is 0 Å². The van der Waals surface area contributed by atoms with E-state index in [9.17, 15) is 9.59 Å². The number of hydrazone groups is 1. The van der Waals surface area contributed by atoms with Crippen LogP contribution < -0.4 is 20.2 Å². The number of carbonyl (C=O) groups is 2. The highest BCUT2D eigenvalue weighted by molar-refractivity contribution is 14.1. The molecule has 0 spiro atoms. The van der Waals surface area contributed by atoms with E-state index in [1.54, 1.807) is 13.2 Å². The van der Waals surface area contributed by atoms with Crippen LogP contribution in [0.1, 0.15) is 37.8 Å². The van der Waals surface area contributed by atoms with Crippen LogP contribution in [0.15, 0.2) is 41.5 Å². The topological polar surface area (TPSA) is 89.0 Å². The summed E-state index contributed by atoms with van der Waals surface area (Å²) in [6.45, 7) is 5.80. The quantitative estimate of drug-likeness (QED) is 0.292. The van der Waals surface area contributed by atoms with E-state index < -0.39 is 0 Å². The van der Waals surface area contributed by atoms with Crippen molar-refractivity contribution in [2.45, 2.75) is 39.7 Å². The van der Waals surface area contributed by atoms with Crippen LogP contribution in [0.3, 0.4) is 0 Å². The van der Waals surface area contributed by atoms with Crippen LogP contribution in [0.2, 0.25) is 0 Å². The number of ether oxygens (including phenoxy) is 2. The minimum absolute atomic E-state index is 0.0224. The largest absolute Gasteiger partial charge is 0.493 e. The van der Waals surface area contributed by atoms with Crippen LogP contribution >= 0.6 is 22.6 Å². The molecule has 2 rings (SSSR count). The van der Waals surface area contributed by atoms with Crippen LogP contribution in [0.5, 0.6) is 11.5 Å². The van der Waals surface area contributed by atoms with Crippen molar-refractivity contribution in [1.82, 2.24) is 5.43 Å². The van der Waals surface area contributed by atoms with Gasteiger partial charge in [0.2, 0.25) is 11.8 Å². The number of para-hydroxylation sites is 1. The maximum Gasteiger partial charge on any atom is 0.240 e. The average molecular weight is 523 g/mol. The Morgan fingerprint density at radius 3 is 2.53 bits per heavy atom. The van der Waals surface area contributed by atoms with Crippen LogP contribution in [-0.4, -0.2) is 31.2 Å². The monoisotopic (exact) mass is 523 g/mol. The van der Waals surface area contributed by atoms with Crippen molar-refractivity contribution in [3.63, 3.8) is 0 Å². The molecule has 0 bridgehead atoms. The lowest BCUT2D eigenvalue weighted by Gasteiger charge is -2.15. The van der Waals surface area contributed by atoms with Crippen LogP contribution in [0, 0.1) is 10.5 Å². The summed E-state index contributed by atoms with van der Waals surface area (Å²) in [6, 6.07) is 11.1. The molecule has 0 aromatic heterocycles. The number of benzene rings is 2. The Hall–Kier alpha value is -2.62. The van der Waals surface area contributed by atoms with Crippen molar-refractivity contribution in [2.24, 2.45) is 5.10 Å².